The van der Waals surface area contributed by atoms with Crippen LogP contribution in [0.5, 0.6) is 0 Å². The zero-order chi connectivity index (χ0) is 18.8. The Morgan fingerprint density at radius 2 is 1.70 bits per heavy atom. The molecule has 1 aliphatic rings. The van der Waals surface area contributed by atoms with E-state index in [1.165, 1.54) is 0 Å². The van der Waals surface area contributed by atoms with Crippen LogP contribution >= 0.6 is 23.2 Å². The van der Waals surface area contributed by atoms with E-state index in [-0.39, 0.29) is 11.8 Å². The van der Waals surface area contributed by atoms with Crippen LogP contribution in [0.1, 0.15) is 35.0 Å². The fourth-order valence-electron chi connectivity index (χ4n) is 3.26. The van der Waals surface area contributed by atoms with E-state index in [0.717, 1.165) is 24.9 Å². The summed E-state index contributed by atoms with van der Waals surface area (Å²) in [6, 6.07) is 14.3. The van der Waals surface area contributed by atoms with E-state index in [2.05, 4.69) is 10.1 Å². The first kappa shape index (κ1) is 18.0. The van der Waals surface area contributed by atoms with Crippen molar-refractivity contribution in [3.63, 3.8) is 0 Å². The molecule has 2 heterocycles. The number of rotatable bonds is 3. The second kappa shape index (κ2) is 7.71. The van der Waals surface area contributed by atoms with Crippen molar-refractivity contribution in [1.82, 2.24) is 15.0 Å². The second-order valence-electron chi connectivity index (χ2n) is 6.56. The molecule has 0 spiro atoms. The molecular formula is C20H17Cl2N3O2. The van der Waals surface area contributed by atoms with Crippen molar-refractivity contribution in [3.8, 4) is 11.4 Å². The fraction of sp³-hybridized carbons (Fsp3) is 0.250. The Morgan fingerprint density at radius 1 is 1.04 bits per heavy atom. The quantitative estimate of drug-likeness (QED) is 0.614. The smallest absolute Gasteiger partial charge is 0.253 e. The first-order valence-electron chi connectivity index (χ1n) is 8.74. The highest BCUT2D eigenvalue weighted by Gasteiger charge is 2.29. The Morgan fingerprint density at radius 3 is 2.41 bits per heavy atom. The summed E-state index contributed by atoms with van der Waals surface area (Å²) < 4.78 is 5.49. The third-order valence-corrected chi connectivity index (χ3v) is 5.20. The van der Waals surface area contributed by atoms with Crippen LogP contribution in [0.3, 0.4) is 0 Å². The largest absolute Gasteiger partial charge is 0.339 e. The van der Waals surface area contributed by atoms with Crippen LogP contribution in [0.25, 0.3) is 11.4 Å². The lowest BCUT2D eigenvalue weighted by molar-refractivity contribution is 0.0695. The highest BCUT2D eigenvalue weighted by atomic mass is 35.5. The van der Waals surface area contributed by atoms with Crippen molar-refractivity contribution in [2.24, 2.45) is 0 Å². The molecule has 0 N–H and O–H groups in total. The van der Waals surface area contributed by atoms with Gasteiger partial charge in [-0.15, -0.1) is 0 Å². The number of nitrogens with zero attached hydrogens (tertiary/aromatic N) is 3. The monoisotopic (exact) mass is 401 g/mol. The lowest BCUT2D eigenvalue weighted by Crippen LogP contribution is -2.39. The Bertz CT molecular complexity index is 939. The first-order valence-corrected chi connectivity index (χ1v) is 9.50. The van der Waals surface area contributed by atoms with Crippen LogP contribution in [0, 0.1) is 0 Å². The van der Waals surface area contributed by atoms with Crippen molar-refractivity contribution in [2.75, 3.05) is 13.1 Å². The molecule has 4 rings (SSSR count). The van der Waals surface area contributed by atoms with Crippen LogP contribution in [-0.2, 0) is 0 Å². The minimum Gasteiger partial charge on any atom is -0.339 e. The predicted molar refractivity (Wildman–Crippen MR) is 104 cm³/mol. The van der Waals surface area contributed by atoms with Crippen LogP contribution in [0.4, 0.5) is 0 Å². The average Bonchev–Trinajstić information content (AvgIpc) is 3.19. The summed E-state index contributed by atoms with van der Waals surface area (Å²) >= 11 is 11.8. The molecule has 2 aromatic carbocycles. The van der Waals surface area contributed by atoms with E-state index < -0.39 is 0 Å². The van der Waals surface area contributed by atoms with E-state index in [4.69, 9.17) is 27.7 Å². The van der Waals surface area contributed by atoms with Crippen LogP contribution in [-0.4, -0.2) is 34.0 Å². The highest BCUT2D eigenvalue weighted by Crippen LogP contribution is 2.29. The van der Waals surface area contributed by atoms with Crippen LogP contribution in [0.2, 0.25) is 10.0 Å². The van der Waals surface area contributed by atoms with Gasteiger partial charge < -0.3 is 9.42 Å². The number of amides is 1. The first-order chi connectivity index (χ1) is 13.1. The molecule has 5 nitrogen and oxygen atoms in total. The summed E-state index contributed by atoms with van der Waals surface area (Å²) in [5.41, 5.74) is 1.48. The van der Waals surface area contributed by atoms with Gasteiger partial charge in [-0.05, 0) is 61.4 Å². The van der Waals surface area contributed by atoms with Crippen LogP contribution in [0.15, 0.2) is 53.1 Å². The lowest BCUT2D eigenvalue weighted by Gasteiger charge is -2.31. The van der Waals surface area contributed by atoms with Gasteiger partial charge in [-0.3, -0.25) is 4.79 Å². The fourth-order valence-corrected chi connectivity index (χ4v) is 3.51. The van der Waals surface area contributed by atoms with Gasteiger partial charge in [0.25, 0.3) is 5.91 Å². The minimum atomic E-state index is -0.00573. The van der Waals surface area contributed by atoms with Gasteiger partial charge in [-0.2, -0.15) is 4.98 Å². The topological polar surface area (TPSA) is 59.2 Å². The molecule has 1 atom stereocenters. The van der Waals surface area contributed by atoms with Gasteiger partial charge in [0.15, 0.2) is 0 Å². The molecule has 1 fully saturated rings. The summed E-state index contributed by atoms with van der Waals surface area (Å²) in [5.74, 6) is 1.12. The molecule has 1 aliphatic heterocycles. The van der Waals surface area contributed by atoms with E-state index in [9.17, 15) is 4.79 Å². The predicted octanol–water partition coefficient (Wildman–Crippen LogP) is 5.06. The number of likely N-dealkylation sites (tertiary alicyclic amines) is 1. The standard InChI is InChI=1S/C20H17Cl2N3O2/c21-16-7-3-13(4-8-16)18-23-19(27-24-18)15-2-1-11-25(12-15)20(26)14-5-9-17(22)10-6-14/h3-10,15H,1-2,11-12H2/t15-/m1/s1. The molecule has 27 heavy (non-hydrogen) atoms. The lowest BCUT2D eigenvalue weighted by atomic mass is 9.97. The molecular weight excluding hydrogens is 385 g/mol. The maximum Gasteiger partial charge on any atom is 0.253 e. The Labute approximate surface area is 166 Å². The molecule has 138 valence electrons. The molecule has 0 bridgehead atoms. The van der Waals surface area contributed by atoms with E-state index >= 15 is 0 Å². The van der Waals surface area contributed by atoms with Crippen molar-refractivity contribution < 1.29 is 9.32 Å². The van der Waals surface area contributed by atoms with Gasteiger partial charge in [0.2, 0.25) is 11.7 Å². The Hall–Kier alpha value is -2.37. The normalized spacial score (nSPS) is 17.1. The number of carbonyl (C=O) groups excluding carboxylic acids is 1. The third-order valence-electron chi connectivity index (χ3n) is 4.69. The molecule has 0 radical (unpaired) electrons. The van der Waals surface area contributed by atoms with E-state index in [1.54, 1.807) is 36.4 Å². The summed E-state index contributed by atoms with van der Waals surface area (Å²) in [5, 5.41) is 5.35. The second-order valence-corrected chi connectivity index (χ2v) is 7.43. The average molecular weight is 402 g/mol. The molecule has 0 unspecified atom stereocenters. The molecule has 3 aromatic rings. The molecule has 0 saturated carbocycles. The van der Waals surface area contributed by atoms with Gasteiger partial charge in [-0.25, -0.2) is 0 Å². The minimum absolute atomic E-state index is 0.00573. The van der Waals surface area contributed by atoms with Crippen molar-refractivity contribution in [2.45, 2.75) is 18.8 Å². The zero-order valence-electron chi connectivity index (χ0n) is 14.4. The maximum atomic E-state index is 12.8. The molecule has 1 amide bonds. The van der Waals surface area contributed by atoms with Crippen molar-refractivity contribution in [1.29, 1.82) is 0 Å². The summed E-state index contributed by atoms with van der Waals surface area (Å²) in [4.78, 5) is 19.1. The number of benzene rings is 2. The number of aromatic nitrogens is 2. The molecule has 1 saturated heterocycles. The molecule has 7 heteroatoms. The van der Waals surface area contributed by atoms with Gasteiger partial charge in [0, 0.05) is 34.3 Å². The number of hydrogen-bond acceptors (Lipinski definition) is 4. The SMILES string of the molecule is O=C(c1ccc(Cl)cc1)N1CCC[C@@H](c2nc(-c3ccc(Cl)cc3)no2)C1. The number of carbonyl (C=O) groups is 1. The van der Waals surface area contributed by atoms with Crippen molar-refractivity contribution >= 4 is 29.1 Å². The van der Waals surface area contributed by atoms with Crippen LogP contribution < -0.4 is 0 Å². The number of piperidine rings is 1. The Balaban J connectivity index is 1.49. The zero-order valence-corrected chi connectivity index (χ0v) is 16.0. The summed E-state index contributed by atoms with van der Waals surface area (Å²) in [6.45, 7) is 1.28. The number of hydrogen-bond donors (Lipinski definition) is 0. The van der Waals surface area contributed by atoms with Gasteiger partial charge in [0.05, 0.1) is 5.92 Å². The third kappa shape index (κ3) is 3.99. The Kier molecular flexibility index (Phi) is 5.14. The maximum absolute atomic E-state index is 12.8. The number of halogens is 2. The summed E-state index contributed by atoms with van der Waals surface area (Å²) in [6.07, 6.45) is 1.80. The molecule has 1 aromatic heterocycles. The van der Waals surface area contributed by atoms with Gasteiger partial charge in [0.1, 0.15) is 0 Å². The van der Waals surface area contributed by atoms with E-state index in [1.807, 2.05) is 17.0 Å². The highest BCUT2D eigenvalue weighted by molar-refractivity contribution is 6.30. The van der Waals surface area contributed by atoms with Gasteiger partial charge >= 0.3 is 0 Å². The molecule has 0 aliphatic carbocycles. The van der Waals surface area contributed by atoms with E-state index in [0.29, 0.717) is 33.9 Å². The summed E-state index contributed by atoms with van der Waals surface area (Å²) in [7, 11) is 0. The van der Waals surface area contributed by atoms with Crippen molar-refractivity contribution in [3.05, 3.63) is 70.0 Å². The van der Waals surface area contributed by atoms with Gasteiger partial charge in [-0.1, -0.05) is 28.4 Å².